The Hall–Kier alpha value is -4.07. The van der Waals surface area contributed by atoms with Gasteiger partial charge in [0.25, 0.3) is 0 Å². The molecule has 0 spiro atoms. The van der Waals surface area contributed by atoms with Gasteiger partial charge in [0.2, 0.25) is 11.5 Å². The number of phenolic OH excluding ortho intramolecular Hbond substituents is 4. The lowest BCUT2D eigenvalue weighted by molar-refractivity contribution is -0.110. The van der Waals surface area contributed by atoms with E-state index in [1.165, 1.54) is 56.7 Å². The molecule has 8 heteroatoms. The van der Waals surface area contributed by atoms with Crippen molar-refractivity contribution in [1.82, 2.24) is 0 Å². The predicted molar refractivity (Wildman–Crippen MR) is 106 cm³/mol. The number of ketones is 1. The fraction of sp³-hybridized carbons (Fsp3) is 0.0952. The van der Waals surface area contributed by atoms with Crippen LogP contribution in [0.4, 0.5) is 0 Å². The highest BCUT2D eigenvalue weighted by atomic mass is 16.5. The van der Waals surface area contributed by atoms with Crippen LogP contribution >= 0.6 is 0 Å². The zero-order valence-electron chi connectivity index (χ0n) is 15.7. The highest BCUT2D eigenvalue weighted by molar-refractivity contribution is 6.02. The Bertz CT molecular complexity index is 1000. The number of allylic oxidation sites excluding steroid dienone is 3. The van der Waals surface area contributed by atoms with Gasteiger partial charge in [0, 0.05) is 6.08 Å². The number of carbonyl (C=O) groups excluding carboxylic acids is 1. The Morgan fingerprint density at radius 1 is 0.793 bits per heavy atom. The Morgan fingerprint density at radius 2 is 1.24 bits per heavy atom. The van der Waals surface area contributed by atoms with Crippen LogP contribution in [0.25, 0.3) is 12.2 Å². The van der Waals surface area contributed by atoms with Gasteiger partial charge < -0.3 is 35.0 Å². The van der Waals surface area contributed by atoms with Crippen molar-refractivity contribution < 1.29 is 39.8 Å². The van der Waals surface area contributed by atoms with E-state index in [2.05, 4.69) is 0 Å². The second kappa shape index (κ2) is 9.23. The van der Waals surface area contributed by atoms with Crippen molar-refractivity contribution in [2.75, 3.05) is 14.2 Å². The molecule has 0 unspecified atom stereocenters. The zero-order valence-corrected chi connectivity index (χ0v) is 15.7. The second-order valence-electron chi connectivity index (χ2n) is 5.82. The van der Waals surface area contributed by atoms with Gasteiger partial charge in [-0.05, 0) is 47.5 Å². The van der Waals surface area contributed by atoms with E-state index in [0.29, 0.717) is 11.1 Å². The number of ether oxygens (including phenoxy) is 2. The van der Waals surface area contributed by atoms with E-state index in [1.807, 2.05) is 0 Å². The van der Waals surface area contributed by atoms with Gasteiger partial charge in [-0.2, -0.15) is 0 Å². The Labute approximate surface area is 166 Å². The summed E-state index contributed by atoms with van der Waals surface area (Å²) in [7, 11) is 2.65. The molecular formula is C21H20O8. The molecule has 2 aromatic carbocycles. The highest BCUT2D eigenvalue weighted by Gasteiger charge is 2.09. The maximum absolute atomic E-state index is 12.0. The Morgan fingerprint density at radius 3 is 1.69 bits per heavy atom. The molecule has 0 bridgehead atoms. The van der Waals surface area contributed by atoms with Crippen molar-refractivity contribution in [1.29, 1.82) is 0 Å². The van der Waals surface area contributed by atoms with Crippen molar-refractivity contribution in [3.05, 3.63) is 59.4 Å². The number of methoxy groups -OCH3 is 2. The molecule has 0 aliphatic heterocycles. The maximum Gasteiger partial charge on any atom is 0.200 e. The van der Waals surface area contributed by atoms with Crippen molar-refractivity contribution in [3.63, 3.8) is 0 Å². The van der Waals surface area contributed by atoms with Crippen LogP contribution in [0.15, 0.2) is 48.3 Å². The number of aliphatic hydroxyl groups is 1. The summed E-state index contributed by atoms with van der Waals surface area (Å²) < 4.78 is 9.83. The predicted octanol–water partition coefficient (Wildman–Crippen LogP) is 3.26. The maximum atomic E-state index is 12.0. The number of aliphatic hydroxyl groups excluding tert-OH is 1. The van der Waals surface area contributed by atoms with E-state index in [-0.39, 0.29) is 23.0 Å². The summed E-state index contributed by atoms with van der Waals surface area (Å²) in [5, 5.41) is 48.3. The third-order valence-corrected chi connectivity index (χ3v) is 3.77. The first-order chi connectivity index (χ1) is 13.7. The van der Waals surface area contributed by atoms with Crippen molar-refractivity contribution >= 4 is 17.9 Å². The van der Waals surface area contributed by atoms with Gasteiger partial charge in [-0.1, -0.05) is 12.2 Å². The SMILES string of the molecule is COc1cc(/C=C/C(=O)/C=C(O)/C=C/c2cc(O)c(O)c(OC)c2)cc(O)c1O. The summed E-state index contributed by atoms with van der Waals surface area (Å²) >= 11 is 0. The average molecular weight is 400 g/mol. The summed E-state index contributed by atoms with van der Waals surface area (Å²) in [5.41, 5.74) is 0.826. The van der Waals surface area contributed by atoms with Crippen LogP contribution < -0.4 is 9.47 Å². The Kier molecular flexibility index (Phi) is 6.75. The summed E-state index contributed by atoms with van der Waals surface area (Å²) in [6.07, 6.45) is 6.13. The van der Waals surface area contributed by atoms with Gasteiger partial charge in [0.15, 0.2) is 28.8 Å². The first-order valence-electron chi connectivity index (χ1n) is 8.26. The minimum atomic E-state index is -0.537. The minimum absolute atomic E-state index is 0.0472. The summed E-state index contributed by atoms with van der Waals surface area (Å²) in [4.78, 5) is 12.0. The van der Waals surface area contributed by atoms with Crippen molar-refractivity contribution in [2.24, 2.45) is 0 Å². The molecule has 0 heterocycles. The molecule has 0 atom stereocenters. The molecule has 0 amide bonds. The smallest absolute Gasteiger partial charge is 0.200 e. The van der Waals surface area contributed by atoms with Crippen LogP contribution in [0.1, 0.15) is 11.1 Å². The molecule has 2 rings (SSSR count). The highest BCUT2D eigenvalue weighted by Crippen LogP contribution is 2.37. The van der Waals surface area contributed by atoms with Crippen LogP contribution in [0.5, 0.6) is 34.5 Å². The standard InChI is InChI=1S/C21H20O8/c1-28-18-9-12(7-16(24)20(18)26)3-5-14(22)11-15(23)6-4-13-8-17(25)21(27)19(10-13)29-2/h3-11,22,24-27H,1-2H3/b5-3+,6-4+,14-11-. The number of phenols is 4. The molecule has 0 aliphatic rings. The van der Waals surface area contributed by atoms with E-state index in [1.54, 1.807) is 0 Å². The van der Waals surface area contributed by atoms with Crippen LogP contribution in [-0.2, 0) is 4.79 Å². The first kappa shape index (κ1) is 21.2. The number of rotatable bonds is 7. The number of hydrogen-bond acceptors (Lipinski definition) is 8. The van der Waals surface area contributed by atoms with Gasteiger partial charge in [-0.3, -0.25) is 4.79 Å². The fourth-order valence-electron chi connectivity index (χ4n) is 2.33. The fourth-order valence-corrected chi connectivity index (χ4v) is 2.33. The van der Waals surface area contributed by atoms with E-state index >= 15 is 0 Å². The topological polar surface area (TPSA) is 137 Å². The Balaban J connectivity index is 2.13. The van der Waals surface area contributed by atoms with E-state index in [4.69, 9.17) is 9.47 Å². The van der Waals surface area contributed by atoms with Crippen LogP contribution in [0.3, 0.4) is 0 Å². The molecule has 0 saturated heterocycles. The molecule has 0 radical (unpaired) electrons. The molecule has 8 nitrogen and oxygen atoms in total. The summed E-state index contributed by atoms with van der Waals surface area (Å²) in [6, 6.07) is 5.36. The number of aromatic hydroxyl groups is 4. The van der Waals surface area contributed by atoms with Gasteiger partial charge in [-0.15, -0.1) is 0 Å². The zero-order chi connectivity index (χ0) is 21.6. The van der Waals surface area contributed by atoms with Crippen LogP contribution in [0.2, 0.25) is 0 Å². The molecule has 0 aromatic heterocycles. The average Bonchev–Trinajstić information content (AvgIpc) is 2.69. The van der Waals surface area contributed by atoms with Gasteiger partial charge >= 0.3 is 0 Å². The second-order valence-corrected chi connectivity index (χ2v) is 5.82. The van der Waals surface area contributed by atoms with Gasteiger partial charge in [-0.25, -0.2) is 0 Å². The van der Waals surface area contributed by atoms with Gasteiger partial charge in [0.05, 0.1) is 14.2 Å². The third kappa shape index (κ3) is 5.46. The molecule has 152 valence electrons. The third-order valence-electron chi connectivity index (χ3n) is 3.77. The number of benzene rings is 2. The molecule has 0 saturated carbocycles. The van der Waals surface area contributed by atoms with E-state index < -0.39 is 23.0 Å². The van der Waals surface area contributed by atoms with Crippen LogP contribution in [0, 0.1) is 0 Å². The first-order valence-corrected chi connectivity index (χ1v) is 8.26. The minimum Gasteiger partial charge on any atom is -0.508 e. The monoisotopic (exact) mass is 400 g/mol. The number of hydrogen-bond donors (Lipinski definition) is 5. The summed E-state index contributed by atoms with van der Waals surface area (Å²) in [6.45, 7) is 0. The lowest BCUT2D eigenvalue weighted by atomic mass is 10.1. The van der Waals surface area contributed by atoms with Crippen molar-refractivity contribution in [2.45, 2.75) is 0 Å². The molecular weight excluding hydrogens is 380 g/mol. The molecule has 29 heavy (non-hydrogen) atoms. The van der Waals surface area contributed by atoms with Gasteiger partial charge in [0.1, 0.15) is 5.76 Å². The van der Waals surface area contributed by atoms with E-state index in [0.717, 1.165) is 12.2 Å². The van der Waals surface area contributed by atoms with E-state index in [9.17, 15) is 30.3 Å². The quantitative estimate of drug-likeness (QED) is 0.207. The van der Waals surface area contributed by atoms with Crippen molar-refractivity contribution in [3.8, 4) is 34.5 Å². The molecule has 0 aliphatic carbocycles. The lowest BCUT2D eigenvalue weighted by Crippen LogP contribution is -1.90. The molecule has 0 fully saturated rings. The largest absolute Gasteiger partial charge is 0.508 e. The van der Waals surface area contributed by atoms with Crippen LogP contribution in [-0.4, -0.2) is 45.5 Å². The normalized spacial score (nSPS) is 11.9. The number of carbonyl (C=O) groups is 1. The lowest BCUT2D eigenvalue weighted by Gasteiger charge is -2.06. The summed E-state index contributed by atoms with van der Waals surface area (Å²) in [5.74, 6) is -2.38. The molecule has 5 N–H and O–H groups in total. The molecule has 2 aromatic rings.